The Labute approximate surface area is 84.3 Å². The average molecular weight is 221 g/mol. The van der Waals surface area contributed by atoms with E-state index in [1.54, 1.807) is 0 Å². The summed E-state index contributed by atoms with van der Waals surface area (Å²) in [6.07, 6.45) is 5.26. The Bertz CT molecular complexity index is 279. The van der Waals surface area contributed by atoms with Crippen molar-refractivity contribution in [3.63, 3.8) is 0 Å². The Kier molecular flexibility index (Phi) is 5.69. The molecule has 1 unspecified atom stereocenters. The molecule has 0 aromatic rings. The van der Waals surface area contributed by atoms with Crippen LogP contribution in [0.25, 0.3) is 0 Å². The second kappa shape index (κ2) is 5.96. The number of rotatable bonds is 1. The van der Waals surface area contributed by atoms with Gasteiger partial charge in [0, 0.05) is 5.92 Å². The van der Waals surface area contributed by atoms with Crippen molar-refractivity contribution in [2.45, 2.75) is 32.6 Å². The van der Waals surface area contributed by atoms with Crippen molar-refractivity contribution < 1.29 is 17.5 Å². The molecule has 1 aliphatic rings. The van der Waals surface area contributed by atoms with Crippen LogP contribution in [0.15, 0.2) is 0 Å². The summed E-state index contributed by atoms with van der Waals surface area (Å²) in [4.78, 5) is 0. The largest absolute Gasteiger partial charge is 0.394 e. The third-order valence-electron chi connectivity index (χ3n) is 2.31. The summed E-state index contributed by atoms with van der Waals surface area (Å²) in [7, 11) is -4.67. The Morgan fingerprint density at radius 2 is 1.71 bits per heavy atom. The summed E-state index contributed by atoms with van der Waals surface area (Å²) < 4.78 is 31.6. The molecule has 1 aliphatic carbocycles. The van der Waals surface area contributed by atoms with Crippen LogP contribution in [-0.4, -0.2) is 17.5 Å². The first kappa shape index (κ1) is 13.4. The van der Waals surface area contributed by atoms with Crippen LogP contribution in [0, 0.1) is 23.2 Å². The van der Waals surface area contributed by atoms with Crippen LogP contribution in [0.5, 0.6) is 0 Å². The van der Waals surface area contributed by atoms with Crippen molar-refractivity contribution in [3.05, 3.63) is 0 Å². The zero-order chi connectivity index (χ0) is 11.2. The zero-order valence-electron chi connectivity index (χ0n) is 8.05. The fraction of sp³-hybridized carbons (Fsp3) is 0.875. The van der Waals surface area contributed by atoms with E-state index in [1.165, 1.54) is 25.7 Å². The second-order valence-corrected chi connectivity index (χ2v) is 4.31. The van der Waals surface area contributed by atoms with Gasteiger partial charge in [0.25, 0.3) is 0 Å². The third-order valence-corrected chi connectivity index (χ3v) is 2.31. The van der Waals surface area contributed by atoms with Gasteiger partial charge in [-0.15, -0.1) is 0 Å². The Hall–Kier alpha value is -0.640. The van der Waals surface area contributed by atoms with Gasteiger partial charge in [0.1, 0.15) is 0 Å². The van der Waals surface area contributed by atoms with Crippen molar-refractivity contribution in [3.8, 4) is 6.07 Å². The van der Waals surface area contributed by atoms with E-state index in [2.05, 4.69) is 6.07 Å². The van der Waals surface area contributed by atoms with Crippen LogP contribution in [-0.2, 0) is 10.4 Å². The monoisotopic (exact) mass is 221 g/mol. The van der Waals surface area contributed by atoms with Gasteiger partial charge in [-0.2, -0.15) is 13.7 Å². The number of nitriles is 1. The molecular formula is C8H15NO4S. The Morgan fingerprint density at radius 3 is 2.00 bits per heavy atom. The lowest BCUT2D eigenvalue weighted by Crippen LogP contribution is -2.03. The van der Waals surface area contributed by atoms with E-state index in [9.17, 15) is 0 Å². The zero-order valence-corrected chi connectivity index (χ0v) is 8.87. The molecule has 1 rings (SSSR count). The highest BCUT2D eigenvalue weighted by molar-refractivity contribution is 7.79. The van der Waals surface area contributed by atoms with Crippen molar-refractivity contribution in [2.75, 3.05) is 0 Å². The van der Waals surface area contributed by atoms with Crippen LogP contribution in [0.4, 0.5) is 0 Å². The smallest absolute Gasteiger partial charge is 0.264 e. The van der Waals surface area contributed by atoms with Gasteiger partial charge in [0.05, 0.1) is 6.07 Å². The fourth-order valence-corrected chi connectivity index (χ4v) is 1.56. The van der Waals surface area contributed by atoms with Crippen molar-refractivity contribution in [1.82, 2.24) is 0 Å². The summed E-state index contributed by atoms with van der Waals surface area (Å²) >= 11 is 0. The number of nitrogens with zero attached hydrogens (tertiary/aromatic N) is 1. The van der Waals surface area contributed by atoms with E-state index in [0.29, 0.717) is 5.92 Å². The van der Waals surface area contributed by atoms with Crippen molar-refractivity contribution in [2.24, 2.45) is 11.8 Å². The minimum Gasteiger partial charge on any atom is -0.264 e. The molecule has 1 atom stereocenters. The molecule has 1 fully saturated rings. The van der Waals surface area contributed by atoms with Gasteiger partial charge in [0.15, 0.2) is 0 Å². The summed E-state index contributed by atoms with van der Waals surface area (Å²) in [5.74, 6) is 1.02. The van der Waals surface area contributed by atoms with E-state index in [4.69, 9.17) is 22.8 Å². The molecule has 14 heavy (non-hydrogen) atoms. The summed E-state index contributed by atoms with van der Waals surface area (Å²) in [6.45, 7) is 2.04. The molecule has 82 valence electrons. The van der Waals surface area contributed by atoms with Crippen molar-refractivity contribution in [1.29, 1.82) is 5.26 Å². The van der Waals surface area contributed by atoms with Gasteiger partial charge >= 0.3 is 10.4 Å². The topological polar surface area (TPSA) is 98.4 Å². The first-order valence-corrected chi connectivity index (χ1v) is 5.83. The molecule has 0 heterocycles. The number of hydrogen-bond acceptors (Lipinski definition) is 3. The molecular weight excluding hydrogens is 206 g/mol. The number of hydrogen-bond donors (Lipinski definition) is 2. The quantitative estimate of drug-likeness (QED) is 0.656. The molecule has 0 amide bonds. The lowest BCUT2D eigenvalue weighted by molar-refractivity contribution is 0.381. The minimum absolute atomic E-state index is 0.299. The first-order valence-electron chi connectivity index (χ1n) is 4.44. The summed E-state index contributed by atoms with van der Waals surface area (Å²) in [5.41, 5.74) is 0. The maximum Gasteiger partial charge on any atom is 0.394 e. The molecule has 0 spiro atoms. The van der Waals surface area contributed by atoms with E-state index in [-0.39, 0.29) is 0 Å². The highest BCUT2D eigenvalue weighted by atomic mass is 32.3. The fourth-order valence-electron chi connectivity index (χ4n) is 1.56. The minimum atomic E-state index is -4.67. The molecule has 1 saturated carbocycles. The second-order valence-electron chi connectivity index (χ2n) is 3.41. The normalized spacial score (nSPS) is 19.3. The summed E-state index contributed by atoms with van der Waals surface area (Å²) in [6, 6.07) is 2.31. The van der Waals surface area contributed by atoms with Crippen LogP contribution in [0.1, 0.15) is 32.6 Å². The maximum absolute atomic E-state index is 8.74. The van der Waals surface area contributed by atoms with Crippen LogP contribution in [0.2, 0.25) is 0 Å². The van der Waals surface area contributed by atoms with Crippen LogP contribution < -0.4 is 0 Å². The predicted octanol–water partition coefficient (Wildman–Crippen LogP) is 1.68. The van der Waals surface area contributed by atoms with Gasteiger partial charge in [0.2, 0.25) is 0 Å². The standard InChI is InChI=1S/C8H13N.H2O4S/c1-7(6-9)8-4-2-3-5-8;1-5(2,3)4/h7-8H,2-5H2,1H3;(H2,1,2,3,4). The Balaban J connectivity index is 0.000000292. The van der Waals surface area contributed by atoms with E-state index in [1.807, 2.05) is 6.92 Å². The van der Waals surface area contributed by atoms with E-state index in [0.717, 1.165) is 5.92 Å². The molecule has 2 N–H and O–H groups in total. The Morgan fingerprint density at radius 1 is 1.36 bits per heavy atom. The maximum atomic E-state index is 8.74. The van der Waals surface area contributed by atoms with Gasteiger partial charge in [-0.05, 0) is 25.7 Å². The summed E-state index contributed by atoms with van der Waals surface area (Å²) in [5, 5.41) is 8.55. The van der Waals surface area contributed by atoms with Gasteiger partial charge in [-0.25, -0.2) is 0 Å². The lowest BCUT2D eigenvalue weighted by Gasteiger charge is -2.08. The highest BCUT2D eigenvalue weighted by Gasteiger charge is 2.20. The predicted molar refractivity (Wildman–Crippen MR) is 50.9 cm³/mol. The SMILES string of the molecule is CC(C#N)C1CCCC1.O=S(=O)(O)O. The molecule has 0 aliphatic heterocycles. The van der Waals surface area contributed by atoms with E-state index >= 15 is 0 Å². The van der Waals surface area contributed by atoms with Crippen LogP contribution in [0.3, 0.4) is 0 Å². The highest BCUT2D eigenvalue weighted by Crippen LogP contribution is 2.30. The molecule has 0 saturated heterocycles. The molecule has 0 bridgehead atoms. The molecule has 0 aromatic heterocycles. The van der Waals surface area contributed by atoms with Crippen LogP contribution >= 0.6 is 0 Å². The first-order chi connectivity index (χ1) is 6.34. The lowest BCUT2D eigenvalue weighted by atomic mass is 9.94. The molecule has 6 heteroatoms. The molecule has 0 aromatic carbocycles. The third kappa shape index (κ3) is 7.98. The van der Waals surface area contributed by atoms with Gasteiger partial charge < -0.3 is 0 Å². The van der Waals surface area contributed by atoms with Crippen molar-refractivity contribution >= 4 is 10.4 Å². The molecule has 0 radical (unpaired) electrons. The van der Waals surface area contributed by atoms with Gasteiger partial charge in [-0.1, -0.05) is 12.8 Å². The van der Waals surface area contributed by atoms with E-state index < -0.39 is 10.4 Å². The van der Waals surface area contributed by atoms with Gasteiger partial charge in [-0.3, -0.25) is 9.11 Å². The average Bonchev–Trinajstić information content (AvgIpc) is 2.51. The molecule has 5 nitrogen and oxygen atoms in total.